The van der Waals surface area contributed by atoms with Gasteiger partial charge in [0.15, 0.2) is 0 Å². The molecule has 0 aliphatic carbocycles. The fourth-order valence-corrected chi connectivity index (χ4v) is 8.44. The van der Waals surface area contributed by atoms with Crippen LogP contribution in [0, 0.1) is 11.8 Å². The number of hydrogen-bond acceptors (Lipinski definition) is 8. The molecule has 6 radical (unpaired) electrons. The zero-order valence-corrected chi connectivity index (χ0v) is 31.3. The Labute approximate surface area is 292 Å². The maximum Gasteiger partial charge on any atom is 0.0448 e. The SMILES string of the molecule is CCCCC[CH2][Sn+4][CH2]CCCCC.O=C([O-])CCCC(Cc1ccccc1)C(=O)[O-].O=C([O-])CCCC(Cc1ccccc1)C(=O)[O-]. The van der Waals surface area contributed by atoms with Crippen LogP contribution in [0.1, 0.15) is 115 Å². The second-order valence-electron chi connectivity index (χ2n) is 11.8. The van der Waals surface area contributed by atoms with Crippen LogP contribution in [0.3, 0.4) is 0 Å². The smallest absolute Gasteiger partial charge is 0.0448 e. The Morgan fingerprint density at radius 3 is 1.19 bits per heavy atom. The van der Waals surface area contributed by atoms with Crippen LogP contribution in [-0.2, 0) is 32.0 Å². The second kappa shape index (κ2) is 30.5. The Kier molecular flexibility index (Phi) is 28.6. The Morgan fingerprint density at radius 2 is 0.894 bits per heavy atom. The van der Waals surface area contributed by atoms with Gasteiger partial charge in [-0.1, -0.05) is 60.7 Å². The van der Waals surface area contributed by atoms with E-state index in [4.69, 9.17) is 0 Å². The van der Waals surface area contributed by atoms with Crippen LogP contribution in [0.15, 0.2) is 60.7 Å². The van der Waals surface area contributed by atoms with Crippen LogP contribution >= 0.6 is 0 Å². The van der Waals surface area contributed by atoms with Gasteiger partial charge >= 0.3 is 95.2 Å². The molecule has 9 heteroatoms. The van der Waals surface area contributed by atoms with Gasteiger partial charge in [0.2, 0.25) is 0 Å². The maximum atomic E-state index is 10.9. The molecule has 0 saturated heterocycles. The van der Waals surface area contributed by atoms with E-state index in [0.717, 1.165) is 11.1 Å². The topological polar surface area (TPSA) is 161 Å². The Bertz CT molecular complexity index is 992. The molecule has 0 aliphatic rings. The van der Waals surface area contributed by atoms with Crippen molar-refractivity contribution in [1.29, 1.82) is 0 Å². The summed E-state index contributed by atoms with van der Waals surface area (Å²) in [6, 6.07) is 18.4. The van der Waals surface area contributed by atoms with Gasteiger partial charge in [-0.2, -0.15) is 0 Å². The molecule has 8 nitrogen and oxygen atoms in total. The molecule has 2 atom stereocenters. The molecule has 2 rings (SSSR count). The van der Waals surface area contributed by atoms with Crippen molar-refractivity contribution >= 4 is 45.0 Å². The molecule has 0 aliphatic heterocycles. The minimum Gasteiger partial charge on any atom is -0.550 e. The monoisotopic (exact) mass is 758 g/mol. The van der Waals surface area contributed by atoms with Crippen molar-refractivity contribution in [2.24, 2.45) is 11.8 Å². The molecule has 0 fully saturated rings. The van der Waals surface area contributed by atoms with Crippen molar-refractivity contribution in [2.75, 3.05) is 0 Å². The van der Waals surface area contributed by atoms with Crippen LogP contribution in [0.4, 0.5) is 0 Å². The maximum absolute atomic E-state index is 10.9. The predicted molar refractivity (Wildman–Crippen MR) is 179 cm³/mol. The summed E-state index contributed by atoms with van der Waals surface area (Å²) >= 11 is 0.104. The molecule has 0 heterocycles. The molecule has 2 aromatic carbocycles. The van der Waals surface area contributed by atoms with Crippen LogP contribution in [-0.4, -0.2) is 45.0 Å². The fourth-order valence-electron chi connectivity index (χ4n) is 4.87. The molecular formula is C38H54O8Sn. The molecule has 258 valence electrons. The first-order chi connectivity index (χ1) is 22.6. The number of unbranched alkanes of at least 4 members (excludes halogenated alkanes) is 6. The molecule has 2 aromatic rings. The number of benzene rings is 2. The summed E-state index contributed by atoms with van der Waals surface area (Å²) in [5, 5.41) is 42.3. The zero-order valence-electron chi connectivity index (χ0n) is 28.4. The molecule has 0 saturated carbocycles. The molecule has 2 unspecified atom stereocenters. The minimum absolute atomic E-state index is 0.104. The first-order valence-corrected chi connectivity index (χ1v) is 21.2. The van der Waals surface area contributed by atoms with Crippen LogP contribution in [0.5, 0.6) is 0 Å². The molecule has 0 bridgehead atoms. The van der Waals surface area contributed by atoms with Gasteiger partial charge in [0, 0.05) is 35.7 Å². The Balaban J connectivity index is 0.000000684. The minimum atomic E-state index is -1.15. The zero-order chi connectivity index (χ0) is 35.1. The van der Waals surface area contributed by atoms with Crippen LogP contribution < -0.4 is 20.4 Å². The van der Waals surface area contributed by atoms with E-state index in [0.29, 0.717) is 38.5 Å². The number of carbonyl (C=O) groups is 4. The molecule has 0 aromatic heterocycles. The van der Waals surface area contributed by atoms with Crippen molar-refractivity contribution in [3.63, 3.8) is 0 Å². The molecule has 0 N–H and O–H groups in total. The van der Waals surface area contributed by atoms with Crippen molar-refractivity contribution in [1.82, 2.24) is 0 Å². The largest absolute Gasteiger partial charge is 0.550 e. The molecule has 0 amide bonds. The summed E-state index contributed by atoms with van der Waals surface area (Å²) in [4.78, 5) is 42.3. The normalized spacial score (nSPS) is 11.6. The van der Waals surface area contributed by atoms with Crippen molar-refractivity contribution in [3.05, 3.63) is 71.8 Å². The van der Waals surface area contributed by atoms with E-state index in [9.17, 15) is 39.6 Å². The molecular weight excluding hydrogens is 703 g/mol. The quantitative estimate of drug-likeness (QED) is 0.116. The average molecular weight is 758 g/mol. The number of rotatable bonds is 24. The average Bonchev–Trinajstić information content (AvgIpc) is 3.04. The van der Waals surface area contributed by atoms with Gasteiger partial charge in [-0.25, -0.2) is 0 Å². The van der Waals surface area contributed by atoms with E-state index in [1.165, 1.54) is 38.5 Å². The number of carboxylic acids is 4. The van der Waals surface area contributed by atoms with Crippen molar-refractivity contribution < 1.29 is 39.6 Å². The summed E-state index contributed by atoms with van der Waals surface area (Å²) < 4.78 is 3.30. The van der Waals surface area contributed by atoms with E-state index >= 15 is 0 Å². The van der Waals surface area contributed by atoms with Crippen LogP contribution in [0.2, 0.25) is 8.87 Å². The molecule has 0 spiro atoms. The van der Waals surface area contributed by atoms with Gasteiger partial charge in [0.05, 0.1) is 0 Å². The number of carboxylic acid groups (broad SMARTS) is 4. The fraction of sp³-hybridized carbons (Fsp3) is 0.579. The van der Waals surface area contributed by atoms with Crippen molar-refractivity contribution in [2.45, 2.75) is 125 Å². The van der Waals surface area contributed by atoms with Gasteiger partial charge in [-0.3, -0.25) is 0 Å². The van der Waals surface area contributed by atoms with Gasteiger partial charge in [0.1, 0.15) is 0 Å². The summed E-state index contributed by atoms with van der Waals surface area (Å²) in [6.45, 7) is 4.59. The first kappa shape index (κ1) is 44.1. The number of carbonyl (C=O) groups excluding carboxylic acids is 4. The summed E-state index contributed by atoms with van der Waals surface area (Å²) in [5.41, 5.74) is 1.82. The Hall–Kier alpha value is -2.88. The van der Waals surface area contributed by atoms with Gasteiger partial charge in [-0.15, -0.1) is 0 Å². The first-order valence-electron chi connectivity index (χ1n) is 17.2. The van der Waals surface area contributed by atoms with Crippen LogP contribution in [0.25, 0.3) is 0 Å². The van der Waals surface area contributed by atoms with Crippen molar-refractivity contribution in [3.8, 4) is 0 Å². The number of hydrogen-bond donors (Lipinski definition) is 0. The van der Waals surface area contributed by atoms with Gasteiger partial charge < -0.3 is 39.6 Å². The summed E-state index contributed by atoms with van der Waals surface area (Å²) in [5.74, 6) is -5.85. The third-order valence-electron chi connectivity index (χ3n) is 7.60. The van der Waals surface area contributed by atoms with E-state index in [2.05, 4.69) is 13.8 Å². The van der Waals surface area contributed by atoms with E-state index in [-0.39, 0.29) is 34.0 Å². The predicted octanol–water partition coefficient (Wildman–Crippen LogP) is 3.72. The number of aliphatic carboxylic acids is 4. The standard InChI is InChI=1S/2C13H16O4.2C6H13.Sn/c2*14-12(15)8-4-7-11(13(16)17)9-10-5-2-1-3-6-10;2*1-3-5-6-4-2;/h2*1-3,5-6,11H,4,7-9H2,(H,14,15)(H,16,17);2*1,3-6H2,2H3;/q;;;;+4/p-4. The third-order valence-corrected chi connectivity index (χ3v) is 11.6. The second-order valence-corrected chi connectivity index (χ2v) is 16.1. The van der Waals surface area contributed by atoms with E-state index < -0.39 is 35.7 Å². The summed E-state index contributed by atoms with van der Waals surface area (Å²) in [7, 11) is 0. The summed E-state index contributed by atoms with van der Waals surface area (Å²) in [6.07, 6.45) is 13.5. The van der Waals surface area contributed by atoms with Gasteiger partial charge in [-0.05, 0) is 62.5 Å². The van der Waals surface area contributed by atoms with E-state index in [1.54, 1.807) is 21.7 Å². The third kappa shape index (κ3) is 27.9. The molecule has 47 heavy (non-hydrogen) atoms. The van der Waals surface area contributed by atoms with Gasteiger partial charge in [0.25, 0.3) is 0 Å². The Morgan fingerprint density at radius 1 is 0.532 bits per heavy atom. The van der Waals surface area contributed by atoms with E-state index in [1.807, 2.05) is 60.7 Å².